The number of morpholine rings is 1. The number of nitrogens with zero attached hydrogens (tertiary/aromatic N) is 3. The van der Waals surface area contributed by atoms with Crippen molar-refractivity contribution in [1.29, 1.82) is 0 Å². The molecule has 32 heavy (non-hydrogen) atoms. The molecular weight excluding hydrogens is 416 g/mol. The minimum Gasteiger partial charge on any atom is -0.497 e. The topological polar surface area (TPSA) is 125 Å². The van der Waals surface area contributed by atoms with Crippen LogP contribution in [0.3, 0.4) is 0 Å². The van der Waals surface area contributed by atoms with E-state index in [1.807, 2.05) is 36.1 Å². The van der Waals surface area contributed by atoms with Gasteiger partial charge in [0.1, 0.15) is 12.4 Å². The van der Waals surface area contributed by atoms with E-state index in [4.69, 9.17) is 19.4 Å². The van der Waals surface area contributed by atoms with Gasteiger partial charge in [-0.25, -0.2) is 0 Å². The standard InChI is InChI=1S/C21H26N4O4.CH2O2/c1-13-15(10-22-23-13)11-24(2)21(27)20-19(14-4-8-17(28-3)9-5-14)25(16-6-7-16)18(26)12-29-20;2-1-3/h4-5,8-10,16,19-20H,6-7,11-12H2,1-3H3,(H,22,23);1H,(H,2,3)/t19-,20+;/m1./s1. The maximum Gasteiger partial charge on any atom is 0.290 e. The number of nitrogens with one attached hydrogen (secondary N) is 1. The second-order valence-electron chi connectivity index (χ2n) is 7.80. The fourth-order valence-corrected chi connectivity index (χ4v) is 3.84. The van der Waals surface area contributed by atoms with E-state index >= 15 is 0 Å². The lowest BCUT2D eigenvalue weighted by Gasteiger charge is -2.42. The Morgan fingerprint density at radius 3 is 2.56 bits per heavy atom. The molecule has 10 nitrogen and oxygen atoms in total. The van der Waals surface area contributed by atoms with Gasteiger partial charge in [0.2, 0.25) is 5.91 Å². The maximum atomic E-state index is 13.3. The molecule has 0 spiro atoms. The van der Waals surface area contributed by atoms with Crippen molar-refractivity contribution < 1.29 is 29.0 Å². The molecule has 1 saturated heterocycles. The number of hydrogen-bond acceptors (Lipinski definition) is 6. The first kappa shape index (κ1) is 23.3. The molecule has 0 bridgehead atoms. The highest BCUT2D eigenvalue weighted by Crippen LogP contribution is 2.40. The van der Waals surface area contributed by atoms with Crippen molar-refractivity contribution in [3.05, 3.63) is 47.3 Å². The molecule has 1 aromatic heterocycles. The number of aromatic nitrogens is 2. The van der Waals surface area contributed by atoms with Gasteiger partial charge in [-0.15, -0.1) is 0 Å². The van der Waals surface area contributed by atoms with Crippen LogP contribution >= 0.6 is 0 Å². The number of aryl methyl sites for hydroxylation is 1. The highest BCUT2D eigenvalue weighted by molar-refractivity contribution is 5.86. The van der Waals surface area contributed by atoms with Crippen LogP contribution in [0.2, 0.25) is 0 Å². The number of carbonyl (C=O) groups excluding carboxylic acids is 2. The van der Waals surface area contributed by atoms with E-state index in [1.165, 1.54) is 0 Å². The normalized spacial score (nSPS) is 20.2. The Morgan fingerprint density at radius 2 is 2.03 bits per heavy atom. The van der Waals surface area contributed by atoms with E-state index in [2.05, 4.69) is 10.2 Å². The summed E-state index contributed by atoms with van der Waals surface area (Å²) in [5.74, 6) is 0.514. The average molecular weight is 444 g/mol. The van der Waals surface area contributed by atoms with E-state index in [0.29, 0.717) is 6.54 Å². The van der Waals surface area contributed by atoms with E-state index < -0.39 is 12.1 Å². The second kappa shape index (κ2) is 10.3. The molecule has 1 saturated carbocycles. The fourth-order valence-electron chi connectivity index (χ4n) is 3.84. The van der Waals surface area contributed by atoms with Gasteiger partial charge in [0.15, 0.2) is 6.10 Å². The predicted molar refractivity (Wildman–Crippen MR) is 114 cm³/mol. The van der Waals surface area contributed by atoms with Crippen LogP contribution in [-0.4, -0.2) is 76.3 Å². The SMILES string of the molecule is COc1ccc([C@@H]2[C@@H](C(=O)N(C)Cc3cn[nH]c3C)OCC(=O)N2C2CC2)cc1.O=CO. The highest BCUT2D eigenvalue weighted by Gasteiger charge is 2.48. The number of carboxylic acid groups (broad SMARTS) is 1. The maximum absolute atomic E-state index is 13.3. The summed E-state index contributed by atoms with van der Waals surface area (Å²) in [7, 11) is 3.36. The van der Waals surface area contributed by atoms with Crippen LogP contribution in [0.4, 0.5) is 0 Å². The summed E-state index contributed by atoms with van der Waals surface area (Å²) in [5, 5.41) is 13.8. The molecular formula is C22H28N4O6. The molecule has 0 radical (unpaired) electrons. The van der Waals surface area contributed by atoms with Gasteiger partial charge < -0.3 is 24.4 Å². The third-order valence-electron chi connectivity index (χ3n) is 5.62. The average Bonchev–Trinajstić information content (AvgIpc) is 3.55. The van der Waals surface area contributed by atoms with Crippen molar-refractivity contribution in [3.63, 3.8) is 0 Å². The van der Waals surface area contributed by atoms with Gasteiger partial charge >= 0.3 is 0 Å². The van der Waals surface area contributed by atoms with E-state index in [9.17, 15) is 9.59 Å². The zero-order valence-electron chi connectivity index (χ0n) is 18.4. The first-order valence-electron chi connectivity index (χ1n) is 10.3. The van der Waals surface area contributed by atoms with Gasteiger partial charge in [-0.3, -0.25) is 19.5 Å². The fraction of sp³-hybridized carbons (Fsp3) is 0.455. The van der Waals surface area contributed by atoms with Crippen molar-refractivity contribution in [2.45, 2.75) is 44.5 Å². The number of methoxy groups -OCH3 is 1. The van der Waals surface area contributed by atoms with Crippen LogP contribution < -0.4 is 4.74 Å². The summed E-state index contributed by atoms with van der Waals surface area (Å²) in [6.45, 7) is 2.03. The molecule has 1 aromatic carbocycles. The molecule has 2 fully saturated rings. The molecule has 2 aliphatic rings. The first-order valence-corrected chi connectivity index (χ1v) is 10.3. The Balaban J connectivity index is 0.000000913. The number of aromatic amines is 1. The summed E-state index contributed by atoms with van der Waals surface area (Å²) < 4.78 is 11.1. The molecule has 2 atom stereocenters. The summed E-state index contributed by atoms with van der Waals surface area (Å²) in [4.78, 5) is 37.9. The number of hydrogen-bond donors (Lipinski definition) is 2. The molecule has 172 valence electrons. The van der Waals surface area contributed by atoms with Crippen molar-refractivity contribution in [2.24, 2.45) is 0 Å². The number of carbonyl (C=O) groups is 3. The Hall–Kier alpha value is -3.40. The second-order valence-corrected chi connectivity index (χ2v) is 7.80. The third kappa shape index (κ3) is 5.08. The molecule has 2 N–H and O–H groups in total. The quantitative estimate of drug-likeness (QED) is 0.647. The smallest absolute Gasteiger partial charge is 0.290 e. The van der Waals surface area contributed by atoms with E-state index in [0.717, 1.165) is 35.4 Å². The van der Waals surface area contributed by atoms with Crippen LogP contribution in [0.25, 0.3) is 0 Å². The molecule has 1 aliphatic heterocycles. The van der Waals surface area contributed by atoms with Crippen LogP contribution in [-0.2, 0) is 25.7 Å². The minimum atomic E-state index is -0.751. The van der Waals surface area contributed by atoms with Gasteiger partial charge in [0.25, 0.3) is 12.4 Å². The van der Waals surface area contributed by atoms with Crippen molar-refractivity contribution in [3.8, 4) is 5.75 Å². The van der Waals surface area contributed by atoms with Crippen molar-refractivity contribution >= 4 is 18.3 Å². The number of rotatable bonds is 6. The van der Waals surface area contributed by atoms with Crippen LogP contribution in [0, 0.1) is 6.92 Å². The van der Waals surface area contributed by atoms with E-state index in [1.54, 1.807) is 25.3 Å². The lowest BCUT2D eigenvalue weighted by Crippen LogP contribution is -2.55. The Kier molecular flexibility index (Phi) is 7.47. The van der Waals surface area contributed by atoms with Crippen molar-refractivity contribution in [1.82, 2.24) is 20.0 Å². The summed E-state index contributed by atoms with van der Waals surface area (Å²) in [6, 6.07) is 7.23. The Labute approximate surface area is 186 Å². The Bertz CT molecular complexity index is 940. The molecule has 0 unspecified atom stereocenters. The number of ether oxygens (including phenoxy) is 2. The number of H-pyrrole nitrogens is 1. The molecule has 4 rings (SSSR count). The zero-order chi connectivity index (χ0) is 23.3. The third-order valence-corrected chi connectivity index (χ3v) is 5.62. The number of benzene rings is 1. The molecule has 2 amide bonds. The number of likely N-dealkylation sites (N-methyl/N-ethyl adjacent to an activating group) is 1. The van der Waals surface area contributed by atoms with Crippen LogP contribution in [0.1, 0.15) is 35.7 Å². The molecule has 2 aromatic rings. The molecule has 10 heteroatoms. The monoisotopic (exact) mass is 444 g/mol. The first-order chi connectivity index (χ1) is 15.4. The molecule has 2 heterocycles. The lowest BCUT2D eigenvalue weighted by atomic mass is 9.96. The van der Waals surface area contributed by atoms with Crippen LogP contribution in [0.15, 0.2) is 30.5 Å². The summed E-state index contributed by atoms with van der Waals surface area (Å²) in [5.41, 5.74) is 2.75. The van der Waals surface area contributed by atoms with Gasteiger partial charge in [-0.2, -0.15) is 5.10 Å². The Morgan fingerprint density at radius 1 is 1.38 bits per heavy atom. The molecule has 1 aliphatic carbocycles. The lowest BCUT2D eigenvalue weighted by molar-refractivity contribution is -0.170. The highest BCUT2D eigenvalue weighted by atomic mass is 16.5. The van der Waals surface area contributed by atoms with Gasteiger partial charge in [0, 0.05) is 30.9 Å². The van der Waals surface area contributed by atoms with Gasteiger partial charge in [-0.1, -0.05) is 12.1 Å². The van der Waals surface area contributed by atoms with Crippen molar-refractivity contribution in [2.75, 3.05) is 20.8 Å². The van der Waals surface area contributed by atoms with Gasteiger partial charge in [0.05, 0.1) is 19.3 Å². The number of amides is 2. The van der Waals surface area contributed by atoms with Crippen LogP contribution in [0.5, 0.6) is 5.75 Å². The summed E-state index contributed by atoms with van der Waals surface area (Å²) >= 11 is 0. The van der Waals surface area contributed by atoms with Gasteiger partial charge in [-0.05, 0) is 37.5 Å². The zero-order valence-corrected chi connectivity index (χ0v) is 18.4. The predicted octanol–water partition coefficient (Wildman–Crippen LogP) is 1.52. The summed E-state index contributed by atoms with van der Waals surface area (Å²) in [6.07, 6.45) is 2.90. The van der Waals surface area contributed by atoms with E-state index in [-0.39, 0.29) is 30.9 Å². The minimum absolute atomic E-state index is 0.0642. The largest absolute Gasteiger partial charge is 0.497 e.